The summed E-state index contributed by atoms with van der Waals surface area (Å²) in [5.74, 6) is 0.0350. The highest BCUT2D eigenvalue weighted by Gasteiger charge is 2.43. The number of nitrogens with zero attached hydrogens (tertiary/aromatic N) is 3. The van der Waals surface area contributed by atoms with Crippen molar-refractivity contribution in [3.63, 3.8) is 0 Å². The van der Waals surface area contributed by atoms with E-state index in [-0.39, 0.29) is 28.9 Å². The number of ether oxygens (including phenoxy) is 1. The molecule has 10 heteroatoms. The molecule has 0 saturated carbocycles. The van der Waals surface area contributed by atoms with Crippen LogP contribution in [0.1, 0.15) is 18.1 Å². The number of carbonyl (C=O) groups is 2. The number of pyridine rings is 1. The van der Waals surface area contributed by atoms with Gasteiger partial charge in [0.1, 0.15) is 18.4 Å². The third-order valence-electron chi connectivity index (χ3n) is 5.26. The van der Waals surface area contributed by atoms with E-state index in [2.05, 4.69) is 4.98 Å². The number of urea groups is 1. The first-order chi connectivity index (χ1) is 16.2. The molecule has 0 N–H and O–H groups in total. The Morgan fingerprint density at radius 2 is 1.74 bits per heavy atom. The molecule has 0 bridgehead atoms. The van der Waals surface area contributed by atoms with E-state index in [9.17, 15) is 22.8 Å². The summed E-state index contributed by atoms with van der Waals surface area (Å²) in [6, 6.07) is 15.1. The van der Waals surface area contributed by atoms with Crippen molar-refractivity contribution < 1.29 is 27.5 Å². The van der Waals surface area contributed by atoms with Crippen LogP contribution < -0.4 is 9.64 Å². The summed E-state index contributed by atoms with van der Waals surface area (Å²) in [5, 5.41) is 0. The topological polar surface area (TPSA) is 62.7 Å². The summed E-state index contributed by atoms with van der Waals surface area (Å²) in [5.41, 5.74) is -2.56. The summed E-state index contributed by atoms with van der Waals surface area (Å²) in [7, 11) is 0. The Labute approximate surface area is 198 Å². The van der Waals surface area contributed by atoms with Crippen molar-refractivity contribution in [1.29, 1.82) is 0 Å². The SMILES string of the molecule is CC1C(=O)N(c2ccc(SC(F)(F)F)cc2)C(=O)N1Cc1ccncc1OCc1ccccc1. The van der Waals surface area contributed by atoms with Gasteiger partial charge in [0.2, 0.25) is 0 Å². The van der Waals surface area contributed by atoms with Crippen LogP contribution in [0, 0.1) is 0 Å². The fourth-order valence-electron chi connectivity index (χ4n) is 3.54. The minimum Gasteiger partial charge on any atom is -0.487 e. The number of hydrogen-bond acceptors (Lipinski definition) is 5. The van der Waals surface area contributed by atoms with Crippen LogP contribution in [0.5, 0.6) is 5.75 Å². The second kappa shape index (κ2) is 9.76. The van der Waals surface area contributed by atoms with Crippen molar-refractivity contribution in [2.24, 2.45) is 0 Å². The number of carbonyl (C=O) groups excluding carboxylic acids is 2. The lowest BCUT2D eigenvalue weighted by Gasteiger charge is -2.21. The van der Waals surface area contributed by atoms with Crippen molar-refractivity contribution in [3.05, 3.63) is 84.2 Å². The zero-order chi connectivity index (χ0) is 24.3. The van der Waals surface area contributed by atoms with E-state index in [0.717, 1.165) is 10.5 Å². The molecule has 1 saturated heterocycles. The Kier molecular flexibility index (Phi) is 6.78. The molecular weight excluding hydrogens is 467 g/mol. The number of halogens is 3. The molecule has 6 nitrogen and oxygen atoms in total. The van der Waals surface area contributed by atoms with Crippen LogP contribution in [0.3, 0.4) is 0 Å². The summed E-state index contributed by atoms with van der Waals surface area (Å²) < 4.78 is 43.7. The Morgan fingerprint density at radius 3 is 2.41 bits per heavy atom. The van der Waals surface area contributed by atoms with E-state index in [0.29, 0.717) is 17.9 Å². The van der Waals surface area contributed by atoms with E-state index >= 15 is 0 Å². The minimum atomic E-state index is -4.42. The molecule has 2 heterocycles. The normalized spacial score (nSPS) is 16.3. The van der Waals surface area contributed by atoms with Crippen molar-refractivity contribution in [1.82, 2.24) is 9.88 Å². The molecule has 0 radical (unpaired) electrons. The summed E-state index contributed by atoms with van der Waals surface area (Å²) >= 11 is -0.258. The number of alkyl halides is 3. The largest absolute Gasteiger partial charge is 0.487 e. The van der Waals surface area contributed by atoms with Crippen LogP contribution in [-0.4, -0.2) is 33.4 Å². The van der Waals surface area contributed by atoms with Crippen LogP contribution in [0.25, 0.3) is 0 Å². The predicted octanol–water partition coefficient (Wildman–Crippen LogP) is 5.63. The maximum absolute atomic E-state index is 13.1. The molecule has 1 unspecified atom stereocenters. The molecule has 1 aliphatic heterocycles. The minimum absolute atomic E-state index is 0.0303. The summed E-state index contributed by atoms with van der Waals surface area (Å²) in [4.78, 5) is 32.4. The van der Waals surface area contributed by atoms with Crippen LogP contribution in [0.15, 0.2) is 78.0 Å². The number of benzene rings is 2. The summed E-state index contributed by atoms with van der Waals surface area (Å²) in [6.45, 7) is 2.03. The van der Waals surface area contributed by atoms with E-state index < -0.39 is 23.5 Å². The number of amides is 3. The number of thioether (sulfide) groups is 1. The van der Waals surface area contributed by atoms with E-state index in [1.807, 2.05) is 30.3 Å². The molecule has 176 valence electrons. The van der Waals surface area contributed by atoms with Gasteiger partial charge < -0.3 is 9.64 Å². The average molecular weight is 488 g/mol. The lowest BCUT2D eigenvalue weighted by Crippen LogP contribution is -2.33. The molecule has 1 fully saturated rings. The molecule has 1 aliphatic rings. The lowest BCUT2D eigenvalue weighted by atomic mass is 10.2. The highest BCUT2D eigenvalue weighted by molar-refractivity contribution is 8.00. The number of imide groups is 1. The smallest absolute Gasteiger partial charge is 0.446 e. The Hall–Kier alpha value is -3.53. The van der Waals surface area contributed by atoms with Crippen LogP contribution in [0.4, 0.5) is 23.7 Å². The molecular formula is C24H20F3N3O3S. The van der Waals surface area contributed by atoms with Gasteiger partial charge >= 0.3 is 11.5 Å². The van der Waals surface area contributed by atoms with Gasteiger partial charge in [-0.1, -0.05) is 30.3 Å². The molecule has 4 rings (SSSR count). The highest BCUT2D eigenvalue weighted by atomic mass is 32.2. The average Bonchev–Trinajstić information content (AvgIpc) is 3.02. The van der Waals surface area contributed by atoms with E-state index in [4.69, 9.17) is 4.74 Å². The first-order valence-electron chi connectivity index (χ1n) is 10.3. The van der Waals surface area contributed by atoms with Gasteiger partial charge in [-0.25, -0.2) is 9.69 Å². The number of hydrogen-bond donors (Lipinski definition) is 0. The molecule has 0 spiro atoms. The van der Waals surface area contributed by atoms with Gasteiger partial charge in [-0.3, -0.25) is 9.78 Å². The second-order valence-electron chi connectivity index (χ2n) is 7.56. The van der Waals surface area contributed by atoms with Gasteiger partial charge in [0, 0.05) is 16.7 Å². The van der Waals surface area contributed by atoms with E-state index in [1.165, 1.54) is 29.2 Å². The molecule has 1 aromatic heterocycles. The van der Waals surface area contributed by atoms with Crippen LogP contribution in [0.2, 0.25) is 0 Å². The molecule has 0 aliphatic carbocycles. The van der Waals surface area contributed by atoms with Gasteiger partial charge in [-0.05, 0) is 54.6 Å². The molecule has 34 heavy (non-hydrogen) atoms. The monoisotopic (exact) mass is 487 g/mol. The Morgan fingerprint density at radius 1 is 1.03 bits per heavy atom. The molecule has 3 aromatic rings. The molecule has 3 amide bonds. The number of aromatic nitrogens is 1. The predicted molar refractivity (Wildman–Crippen MR) is 121 cm³/mol. The first-order valence-corrected chi connectivity index (χ1v) is 11.1. The Balaban J connectivity index is 1.50. The van der Waals surface area contributed by atoms with Crippen molar-refractivity contribution in [2.45, 2.75) is 36.5 Å². The molecule has 2 aromatic carbocycles. The van der Waals surface area contributed by atoms with Crippen LogP contribution >= 0.6 is 11.8 Å². The van der Waals surface area contributed by atoms with Crippen molar-refractivity contribution in [2.75, 3.05) is 4.90 Å². The van der Waals surface area contributed by atoms with Gasteiger partial charge in [0.05, 0.1) is 18.4 Å². The van der Waals surface area contributed by atoms with Crippen LogP contribution in [-0.2, 0) is 17.9 Å². The maximum atomic E-state index is 13.1. The lowest BCUT2D eigenvalue weighted by molar-refractivity contribution is -0.119. The van der Waals surface area contributed by atoms with Gasteiger partial charge in [-0.2, -0.15) is 13.2 Å². The third-order valence-corrected chi connectivity index (χ3v) is 6.00. The van der Waals surface area contributed by atoms with Gasteiger partial charge in [-0.15, -0.1) is 0 Å². The van der Waals surface area contributed by atoms with Crippen molar-refractivity contribution in [3.8, 4) is 5.75 Å². The van der Waals surface area contributed by atoms with Crippen molar-refractivity contribution >= 4 is 29.4 Å². The number of anilines is 1. The fourth-order valence-corrected chi connectivity index (χ4v) is 4.08. The zero-order valence-electron chi connectivity index (χ0n) is 18.0. The first kappa shape index (κ1) is 23.6. The summed E-state index contributed by atoms with van der Waals surface area (Å²) in [6.07, 6.45) is 3.13. The van der Waals surface area contributed by atoms with Gasteiger partial charge in [0.15, 0.2) is 0 Å². The number of rotatable bonds is 7. The third kappa shape index (κ3) is 5.33. The molecule has 1 atom stereocenters. The second-order valence-corrected chi connectivity index (χ2v) is 8.70. The quantitative estimate of drug-likeness (QED) is 0.319. The Bertz CT molecular complexity index is 1170. The fraction of sp³-hybridized carbons (Fsp3) is 0.208. The zero-order valence-corrected chi connectivity index (χ0v) is 18.8. The van der Waals surface area contributed by atoms with E-state index in [1.54, 1.807) is 25.4 Å². The standard InChI is InChI=1S/C24H20F3N3O3S/c1-16-22(31)30(19-7-9-20(10-8-19)34-24(25,26)27)23(32)29(16)14-18-11-12-28-13-21(18)33-15-17-5-3-2-4-6-17/h2-13,16H,14-15H2,1H3. The highest BCUT2D eigenvalue weighted by Crippen LogP contribution is 2.38. The maximum Gasteiger partial charge on any atom is 0.446 e. The van der Waals surface area contributed by atoms with Gasteiger partial charge in [0.25, 0.3) is 5.91 Å².